The Balaban J connectivity index is 2.77. The second-order valence-electron chi connectivity index (χ2n) is 2.96. The van der Waals surface area contributed by atoms with Gasteiger partial charge in [-0.25, -0.2) is 4.39 Å². The molecule has 0 saturated heterocycles. The van der Waals surface area contributed by atoms with Crippen LogP contribution in [0.25, 0.3) is 0 Å². The Morgan fingerprint density at radius 1 is 1.57 bits per heavy atom. The quantitative estimate of drug-likeness (QED) is 0.842. The van der Waals surface area contributed by atoms with Gasteiger partial charge in [0, 0.05) is 30.7 Å². The molecule has 1 unspecified atom stereocenters. The van der Waals surface area contributed by atoms with Gasteiger partial charge in [0.05, 0.1) is 6.10 Å². The highest BCUT2D eigenvalue weighted by Crippen LogP contribution is 2.25. The Bertz CT molecular complexity index is 304. The average molecular weight is 219 g/mol. The van der Waals surface area contributed by atoms with E-state index in [0.29, 0.717) is 23.6 Å². The molecule has 1 N–H and O–H groups in total. The lowest BCUT2D eigenvalue weighted by molar-refractivity contribution is 0.110. The molecule has 2 nitrogen and oxygen atoms in total. The zero-order valence-electron chi connectivity index (χ0n) is 7.84. The van der Waals surface area contributed by atoms with E-state index in [1.807, 2.05) is 0 Å². The van der Waals surface area contributed by atoms with Crippen LogP contribution in [0.15, 0.2) is 18.2 Å². The summed E-state index contributed by atoms with van der Waals surface area (Å²) in [7, 11) is 1.54. The number of hydrogen-bond acceptors (Lipinski definition) is 2. The number of halogens is 2. The summed E-state index contributed by atoms with van der Waals surface area (Å²) in [5.41, 5.74) is 0.406. The summed E-state index contributed by atoms with van der Waals surface area (Å²) in [6.07, 6.45) is -0.377. The highest BCUT2D eigenvalue weighted by atomic mass is 35.5. The van der Waals surface area contributed by atoms with Crippen LogP contribution in [0.1, 0.15) is 18.1 Å². The van der Waals surface area contributed by atoms with Crippen molar-refractivity contribution >= 4 is 11.6 Å². The number of hydrogen-bond donors (Lipinski definition) is 1. The van der Waals surface area contributed by atoms with Gasteiger partial charge in [-0.2, -0.15) is 0 Å². The number of methoxy groups -OCH3 is 1. The molecule has 1 rings (SSSR count). The van der Waals surface area contributed by atoms with E-state index < -0.39 is 11.9 Å². The fourth-order valence-electron chi connectivity index (χ4n) is 1.15. The molecular weight excluding hydrogens is 207 g/mol. The Morgan fingerprint density at radius 2 is 2.29 bits per heavy atom. The summed E-state index contributed by atoms with van der Waals surface area (Å²) >= 11 is 5.80. The van der Waals surface area contributed by atoms with Gasteiger partial charge in [0.25, 0.3) is 0 Å². The van der Waals surface area contributed by atoms with E-state index in [-0.39, 0.29) is 0 Å². The average Bonchev–Trinajstić information content (AvgIpc) is 2.18. The van der Waals surface area contributed by atoms with Gasteiger partial charge in [-0.3, -0.25) is 0 Å². The van der Waals surface area contributed by atoms with Crippen molar-refractivity contribution in [2.75, 3.05) is 13.7 Å². The van der Waals surface area contributed by atoms with Gasteiger partial charge in [-0.05, 0) is 18.2 Å². The number of benzene rings is 1. The molecule has 0 aromatic heterocycles. The van der Waals surface area contributed by atoms with Crippen molar-refractivity contribution in [2.24, 2.45) is 0 Å². The summed E-state index contributed by atoms with van der Waals surface area (Å²) in [6, 6.07) is 3.93. The third-order valence-corrected chi connectivity index (χ3v) is 2.26. The highest BCUT2D eigenvalue weighted by molar-refractivity contribution is 6.31. The van der Waals surface area contributed by atoms with Gasteiger partial charge < -0.3 is 9.84 Å². The molecule has 0 spiro atoms. The summed E-state index contributed by atoms with van der Waals surface area (Å²) < 4.78 is 17.6. The molecule has 0 heterocycles. The molecule has 1 aromatic rings. The lowest BCUT2D eigenvalue weighted by Gasteiger charge is -2.11. The number of aliphatic hydroxyl groups excluding tert-OH is 1. The van der Waals surface area contributed by atoms with E-state index in [0.717, 1.165) is 0 Å². The lowest BCUT2D eigenvalue weighted by Crippen LogP contribution is -2.02. The molecule has 14 heavy (non-hydrogen) atoms. The van der Waals surface area contributed by atoms with Crippen molar-refractivity contribution in [2.45, 2.75) is 12.5 Å². The zero-order valence-corrected chi connectivity index (χ0v) is 8.59. The highest BCUT2D eigenvalue weighted by Gasteiger charge is 2.11. The molecule has 78 valence electrons. The standard InChI is InChI=1S/C10H12ClFO2/c1-14-5-4-10(13)8-6-7(12)2-3-9(8)11/h2-3,6,10,13H,4-5H2,1H3. The summed E-state index contributed by atoms with van der Waals surface area (Å²) in [4.78, 5) is 0. The largest absolute Gasteiger partial charge is 0.388 e. The van der Waals surface area contributed by atoms with Crippen molar-refractivity contribution in [1.82, 2.24) is 0 Å². The molecule has 0 saturated carbocycles. The molecule has 0 fully saturated rings. The second-order valence-corrected chi connectivity index (χ2v) is 3.37. The minimum absolute atomic E-state index is 0.370. The van der Waals surface area contributed by atoms with E-state index in [9.17, 15) is 9.50 Å². The fourth-order valence-corrected chi connectivity index (χ4v) is 1.40. The summed E-state index contributed by atoms with van der Waals surface area (Å²) in [6.45, 7) is 0.411. The second kappa shape index (κ2) is 5.29. The first-order valence-corrected chi connectivity index (χ1v) is 4.65. The first kappa shape index (κ1) is 11.4. The van der Waals surface area contributed by atoms with Crippen LogP contribution >= 0.6 is 11.6 Å². The Hall–Kier alpha value is -0.640. The van der Waals surface area contributed by atoms with E-state index in [1.54, 1.807) is 7.11 Å². The van der Waals surface area contributed by atoms with Crippen LogP contribution in [0.5, 0.6) is 0 Å². The Morgan fingerprint density at radius 3 is 2.93 bits per heavy atom. The van der Waals surface area contributed by atoms with E-state index in [4.69, 9.17) is 16.3 Å². The molecule has 1 atom stereocenters. The van der Waals surface area contributed by atoms with Gasteiger partial charge in [-0.1, -0.05) is 11.6 Å². The van der Waals surface area contributed by atoms with Gasteiger partial charge in [0.15, 0.2) is 0 Å². The van der Waals surface area contributed by atoms with Crippen molar-refractivity contribution in [3.8, 4) is 0 Å². The Labute approximate surface area is 87.3 Å². The van der Waals surface area contributed by atoms with E-state index >= 15 is 0 Å². The molecule has 0 amide bonds. The predicted molar refractivity (Wildman–Crippen MR) is 52.9 cm³/mol. The number of ether oxygens (including phenoxy) is 1. The predicted octanol–water partition coefficient (Wildman–Crippen LogP) is 2.55. The smallest absolute Gasteiger partial charge is 0.123 e. The maximum Gasteiger partial charge on any atom is 0.123 e. The number of aliphatic hydroxyl groups is 1. The topological polar surface area (TPSA) is 29.5 Å². The van der Waals surface area contributed by atoms with Crippen LogP contribution in [-0.2, 0) is 4.74 Å². The summed E-state index contributed by atoms with van der Waals surface area (Å²) in [5, 5.41) is 10.00. The Kier molecular flexibility index (Phi) is 4.32. The van der Waals surface area contributed by atoms with Crippen LogP contribution in [0, 0.1) is 5.82 Å². The first-order chi connectivity index (χ1) is 6.65. The zero-order chi connectivity index (χ0) is 10.6. The molecular formula is C10H12ClFO2. The van der Waals surface area contributed by atoms with E-state index in [1.165, 1.54) is 18.2 Å². The third kappa shape index (κ3) is 2.94. The number of rotatable bonds is 4. The maximum atomic E-state index is 12.8. The maximum absolute atomic E-state index is 12.8. The van der Waals surface area contributed by atoms with E-state index in [2.05, 4.69) is 0 Å². The molecule has 0 aliphatic heterocycles. The first-order valence-electron chi connectivity index (χ1n) is 4.27. The third-order valence-electron chi connectivity index (χ3n) is 1.91. The molecule has 0 aliphatic carbocycles. The van der Waals surface area contributed by atoms with Crippen LogP contribution in [0.3, 0.4) is 0 Å². The van der Waals surface area contributed by atoms with Gasteiger partial charge >= 0.3 is 0 Å². The molecule has 0 bridgehead atoms. The summed E-state index contributed by atoms with van der Waals surface area (Å²) in [5.74, 6) is -0.402. The van der Waals surface area contributed by atoms with Gasteiger partial charge in [0.2, 0.25) is 0 Å². The SMILES string of the molecule is COCCC(O)c1cc(F)ccc1Cl. The van der Waals surface area contributed by atoms with Gasteiger partial charge in [-0.15, -0.1) is 0 Å². The van der Waals surface area contributed by atoms with Crippen LogP contribution in [0.2, 0.25) is 5.02 Å². The van der Waals surface area contributed by atoms with Crippen LogP contribution in [0.4, 0.5) is 4.39 Å². The van der Waals surface area contributed by atoms with Crippen molar-refractivity contribution in [3.05, 3.63) is 34.6 Å². The van der Waals surface area contributed by atoms with Crippen molar-refractivity contribution in [1.29, 1.82) is 0 Å². The molecule has 1 aromatic carbocycles. The molecule has 0 radical (unpaired) electrons. The monoisotopic (exact) mass is 218 g/mol. The van der Waals surface area contributed by atoms with Crippen LogP contribution in [-0.4, -0.2) is 18.8 Å². The minimum Gasteiger partial charge on any atom is -0.388 e. The fraction of sp³-hybridized carbons (Fsp3) is 0.400. The van der Waals surface area contributed by atoms with Gasteiger partial charge in [0.1, 0.15) is 5.82 Å². The minimum atomic E-state index is -0.779. The molecule has 0 aliphatic rings. The van der Waals surface area contributed by atoms with Crippen molar-refractivity contribution in [3.63, 3.8) is 0 Å². The normalized spacial score (nSPS) is 12.9. The lowest BCUT2D eigenvalue weighted by atomic mass is 10.1. The van der Waals surface area contributed by atoms with Crippen LogP contribution < -0.4 is 0 Å². The van der Waals surface area contributed by atoms with Crippen molar-refractivity contribution < 1.29 is 14.2 Å². The molecule has 4 heteroatoms.